The van der Waals surface area contributed by atoms with E-state index in [1.54, 1.807) is 7.11 Å². The first kappa shape index (κ1) is 14.6. The topological polar surface area (TPSA) is 21.3 Å². The molecule has 0 amide bonds. The van der Waals surface area contributed by atoms with Crippen LogP contribution in [0.4, 0.5) is 5.69 Å². The third-order valence-corrected chi connectivity index (χ3v) is 3.89. The van der Waals surface area contributed by atoms with Crippen LogP contribution in [0.25, 0.3) is 10.8 Å². The van der Waals surface area contributed by atoms with Crippen molar-refractivity contribution in [2.45, 2.75) is 19.6 Å². The van der Waals surface area contributed by atoms with Crippen molar-refractivity contribution in [2.75, 3.05) is 12.4 Å². The van der Waals surface area contributed by atoms with Crippen molar-refractivity contribution in [3.8, 4) is 0 Å². The third-order valence-electron chi connectivity index (χ3n) is 3.89. The zero-order chi connectivity index (χ0) is 15.4. The lowest BCUT2D eigenvalue weighted by atomic mass is 10.0. The van der Waals surface area contributed by atoms with Crippen LogP contribution in [0, 0.1) is 0 Å². The molecule has 0 radical (unpaired) electrons. The quantitative estimate of drug-likeness (QED) is 0.701. The molecule has 2 heteroatoms. The van der Waals surface area contributed by atoms with Crippen molar-refractivity contribution in [1.82, 2.24) is 0 Å². The van der Waals surface area contributed by atoms with E-state index in [1.165, 1.54) is 21.9 Å². The molecule has 3 aromatic rings. The van der Waals surface area contributed by atoms with E-state index in [9.17, 15) is 0 Å². The molecule has 3 aromatic carbocycles. The number of nitrogens with one attached hydrogen (secondary N) is 1. The minimum atomic E-state index is 0.252. The SMILES string of the molecule is COCc1cccc(NC(C)c2ccc3ccccc3c2)c1. The summed E-state index contributed by atoms with van der Waals surface area (Å²) in [6, 6.07) is 23.7. The Morgan fingerprint density at radius 1 is 0.909 bits per heavy atom. The largest absolute Gasteiger partial charge is 0.380 e. The monoisotopic (exact) mass is 291 g/mol. The average Bonchev–Trinajstić information content (AvgIpc) is 2.55. The van der Waals surface area contributed by atoms with Crippen LogP contribution in [0.2, 0.25) is 0 Å². The first-order valence-electron chi connectivity index (χ1n) is 7.59. The molecule has 1 atom stereocenters. The average molecular weight is 291 g/mol. The van der Waals surface area contributed by atoms with Gasteiger partial charge in [-0.3, -0.25) is 0 Å². The molecular formula is C20H21NO. The molecule has 0 spiro atoms. The molecule has 0 aromatic heterocycles. The lowest BCUT2D eigenvalue weighted by molar-refractivity contribution is 0.185. The molecule has 2 nitrogen and oxygen atoms in total. The molecule has 0 heterocycles. The molecule has 0 saturated heterocycles. The van der Waals surface area contributed by atoms with Gasteiger partial charge in [0.05, 0.1) is 6.61 Å². The summed E-state index contributed by atoms with van der Waals surface area (Å²) < 4.78 is 5.19. The molecule has 3 rings (SSSR count). The fourth-order valence-electron chi connectivity index (χ4n) is 2.73. The van der Waals surface area contributed by atoms with Crippen LogP contribution < -0.4 is 5.32 Å². The van der Waals surface area contributed by atoms with Gasteiger partial charge in [0.25, 0.3) is 0 Å². The highest BCUT2D eigenvalue weighted by Crippen LogP contribution is 2.24. The number of fused-ring (bicyclic) bond motifs is 1. The van der Waals surface area contributed by atoms with Crippen molar-refractivity contribution in [1.29, 1.82) is 0 Å². The number of methoxy groups -OCH3 is 1. The second-order valence-corrected chi connectivity index (χ2v) is 5.61. The lowest BCUT2D eigenvalue weighted by Gasteiger charge is -2.17. The maximum atomic E-state index is 5.19. The van der Waals surface area contributed by atoms with E-state index in [2.05, 4.69) is 79.0 Å². The Morgan fingerprint density at radius 3 is 2.55 bits per heavy atom. The zero-order valence-corrected chi connectivity index (χ0v) is 13.0. The van der Waals surface area contributed by atoms with Gasteiger partial charge in [0.2, 0.25) is 0 Å². The third kappa shape index (κ3) is 3.29. The van der Waals surface area contributed by atoms with Crippen molar-refractivity contribution >= 4 is 16.5 Å². The van der Waals surface area contributed by atoms with Crippen molar-refractivity contribution < 1.29 is 4.74 Å². The highest BCUT2D eigenvalue weighted by molar-refractivity contribution is 5.83. The summed E-state index contributed by atoms with van der Waals surface area (Å²) in [6.07, 6.45) is 0. The lowest BCUT2D eigenvalue weighted by Crippen LogP contribution is -2.06. The summed E-state index contributed by atoms with van der Waals surface area (Å²) in [6.45, 7) is 2.83. The van der Waals surface area contributed by atoms with Crippen molar-refractivity contribution in [3.05, 3.63) is 77.9 Å². The van der Waals surface area contributed by atoms with Crippen LogP contribution in [0.3, 0.4) is 0 Å². The van der Waals surface area contributed by atoms with Crippen LogP contribution in [0.5, 0.6) is 0 Å². The number of benzene rings is 3. The summed E-state index contributed by atoms with van der Waals surface area (Å²) in [5, 5.41) is 6.12. The Morgan fingerprint density at radius 2 is 1.73 bits per heavy atom. The van der Waals surface area contributed by atoms with E-state index in [0.717, 1.165) is 5.69 Å². The van der Waals surface area contributed by atoms with Gasteiger partial charge in [0, 0.05) is 18.8 Å². The molecule has 0 saturated carbocycles. The van der Waals surface area contributed by atoms with Crippen LogP contribution in [-0.2, 0) is 11.3 Å². The van der Waals surface area contributed by atoms with Gasteiger partial charge < -0.3 is 10.1 Å². The van der Waals surface area contributed by atoms with Gasteiger partial charge in [-0.25, -0.2) is 0 Å². The minimum Gasteiger partial charge on any atom is -0.380 e. The first-order valence-corrected chi connectivity index (χ1v) is 7.59. The Balaban J connectivity index is 1.80. The highest BCUT2D eigenvalue weighted by atomic mass is 16.5. The van der Waals surface area contributed by atoms with Crippen molar-refractivity contribution in [3.63, 3.8) is 0 Å². The van der Waals surface area contributed by atoms with E-state index >= 15 is 0 Å². The number of ether oxygens (including phenoxy) is 1. The number of hydrogen-bond donors (Lipinski definition) is 1. The van der Waals surface area contributed by atoms with Gasteiger partial charge in [-0.05, 0) is 47.0 Å². The predicted molar refractivity (Wildman–Crippen MR) is 93.1 cm³/mol. The predicted octanol–water partition coefficient (Wildman–Crippen LogP) is 5.16. The Kier molecular flexibility index (Phi) is 4.40. The second-order valence-electron chi connectivity index (χ2n) is 5.61. The van der Waals surface area contributed by atoms with Crippen LogP contribution in [-0.4, -0.2) is 7.11 Å². The van der Waals surface area contributed by atoms with E-state index in [4.69, 9.17) is 4.74 Å². The normalized spacial score (nSPS) is 12.3. The summed E-state index contributed by atoms with van der Waals surface area (Å²) in [5.41, 5.74) is 3.59. The van der Waals surface area contributed by atoms with E-state index in [-0.39, 0.29) is 6.04 Å². The fraction of sp³-hybridized carbons (Fsp3) is 0.200. The standard InChI is InChI=1S/C20H21NO/c1-15(21-20-9-5-6-16(12-20)14-22-2)18-11-10-17-7-3-4-8-19(17)13-18/h3-13,15,21H,14H2,1-2H3. The maximum absolute atomic E-state index is 5.19. The summed E-state index contributed by atoms with van der Waals surface area (Å²) >= 11 is 0. The highest BCUT2D eigenvalue weighted by Gasteiger charge is 2.06. The van der Waals surface area contributed by atoms with Gasteiger partial charge in [-0.2, -0.15) is 0 Å². The Bertz CT molecular complexity index is 766. The molecule has 0 bridgehead atoms. The smallest absolute Gasteiger partial charge is 0.0713 e. The minimum absolute atomic E-state index is 0.252. The maximum Gasteiger partial charge on any atom is 0.0713 e. The fourth-order valence-corrected chi connectivity index (χ4v) is 2.73. The second kappa shape index (κ2) is 6.63. The van der Waals surface area contributed by atoms with E-state index < -0.39 is 0 Å². The summed E-state index contributed by atoms with van der Waals surface area (Å²) in [5.74, 6) is 0. The van der Waals surface area contributed by atoms with Gasteiger partial charge in [0.15, 0.2) is 0 Å². The van der Waals surface area contributed by atoms with Gasteiger partial charge in [-0.1, -0.05) is 48.5 Å². The van der Waals surface area contributed by atoms with E-state index in [0.29, 0.717) is 6.61 Å². The zero-order valence-electron chi connectivity index (χ0n) is 13.0. The van der Waals surface area contributed by atoms with Crippen LogP contribution in [0.15, 0.2) is 66.7 Å². The van der Waals surface area contributed by atoms with Crippen LogP contribution in [0.1, 0.15) is 24.1 Å². The number of rotatable bonds is 5. The van der Waals surface area contributed by atoms with Crippen molar-refractivity contribution in [2.24, 2.45) is 0 Å². The molecule has 1 N–H and O–H groups in total. The van der Waals surface area contributed by atoms with Gasteiger partial charge in [0.1, 0.15) is 0 Å². The Labute approximate surface area is 131 Å². The molecule has 1 unspecified atom stereocenters. The van der Waals surface area contributed by atoms with Gasteiger partial charge in [-0.15, -0.1) is 0 Å². The molecule has 22 heavy (non-hydrogen) atoms. The Hall–Kier alpha value is -2.32. The molecule has 0 aliphatic heterocycles. The molecule has 112 valence electrons. The van der Waals surface area contributed by atoms with E-state index in [1.807, 2.05) is 0 Å². The van der Waals surface area contributed by atoms with Gasteiger partial charge >= 0.3 is 0 Å². The molecule has 0 aliphatic carbocycles. The number of hydrogen-bond acceptors (Lipinski definition) is 2. The summed E-state index contributed by atoms with van der Waals surface area (Å²) in [4.78, 5) is 0. The summed E-state index contributed by atoms with van der Waals surface area (Å²) in [7, 11) is 1.72. The molecular weight excluding hydrogens is 270 g/mol. The van der Waals surface area contributed by atoms with Crippen LogP contribution >= 0.6 is 0 Å². The molecule has 0 aliphatic rings. The molecule has 0 fully saturated rings. The number of anilines is 1. The first-order chi connectivity index (χ1) is 10.8.